The fourth-order valence-corrected chi connectivity index (χ4v) is 3.92. The molecule has 0 bridgehead atoms. The van der Waals surface area contributed by atoms with E-state index in [1.165, 1.54) is 18.7 Å². The van der Waals surface area contributed by atoms with Gasteiger partial charge in [-0.05, 0) is 56.1 Å². The van der Waals surface area contributed by atoms with Gasteiger partial charge in [0.15, 0.2) is 0 Å². The second-order valence-electron chi connectivity index (χ2n) is 8.13. The molecule has 1 amide bonds. The van der Waals surface area contributed by atoms with Gasteiger partial charge < -0.3 is 15.5 Å². The first-order valence-electron chi connectivity index (χ1n) is 11.6. The molecule has 7 nitrogen and oxygen atoms in total. The van der Waals surface area contributed by atoms with Crippen molar-refractivity contribution in [2.24, 2.45) is 0 Å². The topological polar surface area (TPSA) is 73.4 Å². The maximum absolute atomic E-state index is 12.3. The number of nitrogens with one attached hydrogen (secondary N) is 2. The highest BCUT2D eigenvalue weighted by Gasteiger charge is 2.16. The summed E-state index contributed by atoms with van der Waals surface area (Å²) in [6.07, 6.45) is 5.04. The summed E-state index contributed by atoms with van der Waals surface area (Å²) in [4.78, 5) is 26.0. The molecular weight excluding hydrogens is 388 g/mol. The Morgan fingerprint density at radius 1 is 1.03 bits per heavy atom. The maximum atomic E-state index is 12.3. The van der Waals surface area contributed by atoms with Crippen LogP contribution in [0.1, 0.15) is 45.7 Å². The minimum Gasteiger partial charge on any atom is -0.369 e. The lowest BCUT2D eigenvalue weighted by molar-refractivity contribution is -0.121. The molecule has 1 saturated heterocycles. The van der Waals surface area contributed by atoms with Crippen molar-refractivity contribution in [2.45, 2.75) is 52.5 Å². The number of carbonyl (C=O) groups is 1. The lowest BCUT2D eigenvalue weighted by Crippen LogP contribution is -2.46. The Balaban J connectivity index is 1.54. The quantitative estimate of drug-likeness (QED) is 0.607. The molecule has 7 heteroatoms. The normalized spacial score (nSPS) is 14.6. The van der Waals surface area contributed by atoms with E-state index in [2.05, 4.69) is 75.4 Å². The highest BCUT2D eigenvalue weighted by Crippen LogP contribution is 2.21. The van der Waals surface area contributed by atoms with E-state index in [1.54, 1.807) is 12.3 Å². The van der Waals surface area contributed by atoms with Crippen molar-refractivity contribution in [3.05, 3.63) is 42.2 Å². The Hall–Kier alpha value is -2.67. The predicted molar refractivity (Wildman–Crippen MR) is 127 cm³/mol. The number of piperazine rings is 1. The zero-order valence-electron chi connectivity index (χ0n) is 19.1. The number of benzene rings is 1. The molecule has 3 rings (SSSR count). The summed E-state index contributed by atoms with van der Waals surface area (Å²) in [7, 11) is 0. The number of aromatic nitrogens is 2. The van der Waals surface area contributed by atoms with Gasteiger partial charge in [0.05, 0.1) is 12.1 Å². The van der Waals surface area contributed by atoms with Crippen molar-refractivity contribution in [2.75, 3.05) is 42.9 Å². The lowest BCUT2D eigenvalue weighted by Gasteiger charge is -2.36. The van der Waals surface area contributed by atoms with Crippen molar-refractivity contribution < 1.29 is 4.79 Å². The van der Waals surface area contributed by atoms with Crippen molar-refractivity contribution >= 4 is 23.2 Å². The van der Waals surface area contributed by atoms with Gasteiger partial charge in [0, 0.05) is 49.8 Å². The van der Waals surface area contributed by atoms with Gasteiger partial charge in [0.25, 0.3) is 0 Å². The van der Waals surface area contributed by atoms with E-state index >= 15 is 0 Å². The van der Waals surface area contributed by atoms with Gasteiger partial charge in [0.1, 0.15) is 0 Å². The van der Waals surface area contributed by atoms with Crippen molar-refractivity contribution in [3.63, 3.8) is 0 Å². The third-order valence-corrected chi connectivity index (χ3v) is 5.81. The first-order chi connectivity index (χ1) is 15.1. The minimum atomic E-state index is 0.00161. The fourth-order valence-electron chi connectivity index (χ4n) is 3.92. The average molecular weight is 425 g/mol. The molecule has 2 N–H and O–H groups in total. The summed E-state index contributed by atoms with van der Waals surface area (Å²) in [5.74, 6) is 0.510. The highest BCUT2D eigenvalue weighted by atomic mass is 16.1. The van der Waals surface area contributed by atoms with E-state index in [0.29, 0.717) is 11.6 Å². The van der Waals surface area contributed by atoms with Gasteiger partial charge in [-0.2, -0.15) is 0 Å². The van der Waals surface area contributed by atoms with Gasteiger partial charge in [-0.3, -0.25) is 9.69 Å². The number of rotatable bonds is 10. The van der Waals surface area contributed by atoms with E-state index in [4.69, 9.17) is 0 Å². The molecule has 0 unspecified atom stereocenters. The number of carbonyl (C=O) groups excluding carboxylic acids is 1. The Labute approximate surface area is 186 Å². The van der Waals surface area contributed by atoms with Gasteiger partial charge in [-0.15, -0.1) is 0 Å². The Morgan fingerprint density at radius 2 is 1.74 bits per heavy atom. The predicted octanol–water partition coefficient (Wildman–Crippen LogP) is 3.60. The van der Waals surface area contributed by atoms with Crippen LogP contribution in [0.15, 0.2) is 36.5 Å². The summed E-state index contributed by atoms with van der Waals surface area (Å²) >= 11 is 0. The summed E-state index contributed by atoms with van der Waals surface area (Å²) in [6, 6.07) is 10.4. The molecule has 0 radical (unpaired) electrons. The second-order valence-corrected chi connectivity index (χ2v) is 8.13. The van der Waals surface area contributed by atoms with Crippen molar-refractivity contribution in [3.8, 4) is 0 Å². The van der Waals surface area contributed by atoms with E-state index in [9.17, 15) is 4.79 Å². The molecule has 1 aliphatic heterocycles. The van der Waals surface area contributed by atoms with Crippen molar-refractivity contribution in [1.29, 1.82) is 0 Å². The molecule has 2 aromatic rings. The van der Waals surface area contributed by atoms with E-state index in [-0.39, 0.29) is 18.4 Å². The van der Waals surface area contributed by atoms with E-state index in [0.717, 1.165) is 44.7 Å². The Kier molecular flexibility index (Phi) is 8.64. The number of amides is 1. The second kappa shape index (κ2) is 11.6. The molecule has 1 fully saturated rings. The third-order valence-electron chi connectivity index (χ3n) is 5.81. The van der Waals surface area contributed by atoms with Crippen LogP contribution in [0.3, 0.4) is 0 Å². The number of anilines is 3. The lowest BCUT2D eigenvalue weighted by atomic mass is 10.1. The van der Waals surface area contributed by atoms with Crippen LogP contribution in [-0.2, 0) is 11.2 Å². The molecule has 31 heavy (non-hydrogen) atoms. The van der Waals surface area contributed by atoms with Crippen LogP contribution in [0.5, 0.6) is 0 Å². The number of nitrogens with zero attached hydrogens (tertiary/aromatic N) is 4. The van der Waals surface area contributed by atoms with Crippen molar-refractivity contribution in [1.82, 2.24) is 20.2 Å². The monoisotopic (exact) mass is 424 g/mol. The summed E-state index contributed by atoms with van der Waals surface area (Å²) < 4.78 is 0. The highest BCUT2D eigenvalue weighted by molar-refractivity contribution is 5.78. The molecule has 168 valence electrons. The van der Waals surface area contributed by atoms with Gasteiger partial charge in [-0.1, -0.05) is 20.8 Å². The van der Waals surface area contributed by atoms with Crippen LogP contribution in [0.4, 0.5) is 17.3 Å². The van der Waals surface area contributed by atoms with Crippen LogP contribution in [0, 0.1) is 0 Å². The zero-order chi connectivity index (χ0) is 22.1. The summed E-state index contributed by atoms with van der Waals surface area (Å²) in [5.41, 5.74) is 2.89. The molecule has 1 aromatic heterocycles. The van der Waals surface area contributed by atoms with Crippen LogP contribution < -0.4 is 15.5 Å². The Bertz CT molecular complexity index is 813. The fraction of sp³-hybridized carbons (Fsp3) is 0.542. The standard InChI is InChI=1S/C24H36N6O/c1-4-13-29-14-16-30(17-15-29)22-9-7-20(8-10-22)27-24-25-12-11-21(28-24)18-23(31)26-19(5-2)6-3/h7-12,19H,4-6,13-18H2,1-3H3,(H,26,31)(H,25,27,28). The van der Waals surface area contributed by atoms with Gasteiger partial charge in [0.2, 0.25) is 11.9 Å². The maximum Gasteiger partial charge on any atom is 0.227 e. The average Bonchev–Trinajstić information content (AvgIpc) is 2.79. The first-order valence-corrected chi connectivity index (χ1v) is 11.6. The molecule has 2 heterocycles. The first kappa shape index (κ1) is 23.0. The SMILES string of the molecule is CCCN1CCN(c2ccc(Nc3nccc(CC(=O)NC(CC)CC)n3)cc2)CC1. The molecule has 0 atom stereocenters. The zero-order valence-corrected chi connectivity index (χ0v) is 19.1. The van der Waals surface area contributed by atoms with E-state index in [1.807, 2.05) is 0 Å². The van der Waals surface area contributed by atoms with E-state index < -0.39 is 0 Å². The molecule has 0 aliphatic carbocycles. The summed E-state index contributed by atoms with van der Waals surface area (Å²) in [6.45, 7) is 12.0. The minimum absolute atomic E-state index is 0.00161. The molecule has 1 aromatic carbocycles. The number of hydrogen-bond donors (Lipinski definition) is 2. The molecular formula is C24H36N6O. The molecule has 1 aliphatic rings. The number of hydrogen-bond acceptors (Lipinski definition) is 6. The van der Waals surface area contributed by atoms with Gasteiger partial charge in [-0.25, -0.2) is 9.97 Å². The van der Waals surface area contributed by atoms with Crippen LogP contribution >= 0.6 is 0 Å². The summed E-state index contributed by atoms with van der Waals surface area (Å²) in [5, 5.41) is 6.31. The van der Waals surface area contributed by atoms with Crippen LogP contribution in [0.25, 0.3) is 0 Å². The van der Waals surface area contributed by atoms with Crippen LogP contribution in [-0.4, -0.2) is 59.5 Å². The van der Waals surface area contributed by atoms with Gasteiger partial charge >= 0.3 is 0 Å². The molecule has 0 spiro atoms. The smallest absolute Gasteiger partial charge is 0.227 e. The Morgan fingerprint density at radius 3 is 2.39 bits per heavy atom. The molecule has 0 saturated carbocycles. The third kappa shape index (κ3) is 6.92. The van der Waals surface area contributed by atoms with Crippen LogP contribution in [0.2, 0.25) is 0 Å². The largest absolute Gasteiger partial charge is 0.369 e.